The predicted octanol–water partition coefficient (Wildman–Crippen LogP) is 2.84. The summed E-state index contributed by atoms with van der Waals surface area (Å²) in [4.78, 5) is 24.8. The number of alkyl halides is 2. The van der Waals surface area contributed by atoms with E-state index < -0.39 is 36.9 Å². The summed E-state index contributed by atoms with van der Waals surface area (Å²) in [5.74, 6) is -5.82. The van der Waals surface area contributed by atoms with Crippen molar-refractivity contribution in [3.63, 3.8) is 0 Å². The summed E-state index contributed by atoms with van der Waals surface area (Å²) in [7, 11) is 0. The van der Waals surface area contributed by atoms with E-state index in [1.807, 2.05) is 6.07 Å². The van der Waals surface area contributed by atoms with Gasteiger partial charge in [-0.1, -0.05) is 30.3 Å². The Morgan fingerprint density at radius 3 is 2.61 bits per heavy atom. The molecule has 1 aromatic rings. The van der Waals surface area contributed by atoms with Crippen molar-refractivity contribution in [3.05, 3.63) is 35.9 Å². The van der Waals surface area contributed by atoms with Gasteiger partial charge in [0.05, 0.1) is 6.61 Å². The van der Waals surface area contributed by atoms with Gasteiger partial charge >= 0.3 is 12.1 Å². The van der Waals surface area contributed by atoms with E-state index in [0.29, 0.717) is 0 Å². The van der Waals surface area contributed by atoms with Crippen LogP contribution < -0.4 is 0 Å². The van der Waals surface area contributed by atoms with E-state index >= 15 is 0 Å². The summed E-state index contributed by atoms with van der Waals surface area (Å²) in [5, 5.41) is 0. The van der Waals surface area contributed by atoms with Gasteiger partial charge in [0.25, 0.3) is 5.92 Å². The fourth-order valence-electron chi connectivity index (χ4n) is 2.37. The van der Waals surface area contributed by atoms with Gasteiger partial charge in [0.15, 0.2) is 0 Å². The first-order valence-corrected chi connectivity index (χ1v) is 7.44. The molecule has 1 aliphatic heterocycles. The molecule has 0 saturated carbocycles. The maximum absolute atomic E-state index is 13.9. The van der Waals surface area contributed by atoms with Gasteiger partial charge in [-0.15, -0.1) is 0 Å². The minimum absolute atomic E-state index is 0.0177. The molecule has 126 valence electrons. The molecule has 1 amide bonds. The van der Waals surface area contributed by atoms with Crippen LogP contribution in [0.25, 0.3) is 0 Å². The Hall–Kier alpha value is -2.18. The number of halogens is 2. The average Bonchev–Trinajstić information content (AvgIpc) is 2.53. The molecule has 1 atom stereocenters. The lowest BCUT2D eigenvalue weighted by Crippen LogP contribution is -2.52. The van der Waals surface area contributed by atoms with E-state index in [0.717, 1.165) is 10.5 Å². The average molecular weight is 327 g/mol. The normalized spacial score (nSPS) is 20.0. The largest absolute Gasteiger partial charge is 0.466 e. The highest BCUT2D eigenvalue weighted by Crippen LogP contribution is 2.34. The fourth-order valence-corrected chi connectivity index (χ4v) is 2.37. The molecule has 2 rings (SSSR count). The van der Waals surface area contributed by atoms with E-state index in [9.17, 15) is 18.4 Å². The molecule has 0 unspecified atom stereocenters. The van der Waals surface area contributed by atoms with Crippen molar-refractivity contribution in [2.24, 2.45) is 5.92 Å². The zero-order chi connectivity index (χ0) is 16.9. The molecule has 1 fully saturated rings. The summed E-state index contributed by atoms with van der Waals surface area (Å²) in [6.45, 7) is 1.06. The summed E-state index contributed by atoms with van der Waals surface area (Å²) in [6, 6.07) is 9.03. The molecule has 7 heteroatoms. The molecule has 0 spiro atoms. The van der Waals surface area contributed by atoms with E-state index in [2.05, 4.69) is 4.74 Å². The second-order valence-electron chi connectivity index (χ2n) is 5.30. The van der Waals surface area contributed by atoms with Crippen LogP contribution in [0.2, 0.25) is 0 Å². The summed E-state index contributed by atoms with van der Waals surface area (Å²) in [5.41, 5.74) is 0.796. The maximum Gasteiger partial charge on any atom is 0.410 e. The molecule has 5 nitrogen and oxygen atoms in total. The third-order valence-electron chi connectivity index (χ3n) is 3.66. The molecule has 0 radical (unpaired) electrons. The third kappa shape index (κ3) is 4.40. The minimum Gasteiger partial charge on any atom is -0.466 e. The van der Waals surface area contributed by atoms with Crippen molar-refractivity contribution in [2.75, 3.05) is 19.7 Å². The van der Waals surface area contributed by atoms with Gasteiger partial charge in [-0.2, -0.15) is 0 Å². The van der Waals surface area contributed by atoms with Gasteiger partial charge < -0.3 is 14.4 Å². The smallest absolute Gasteiger partial charge is 0.410 e. The summed E-state index contributed by atoms with van der Waals surface area (Å²) in [6.07, 6.45) is -1.30. The van der Waals surface area contributed by atoms with Crippen LogP contribution in [0.3, 0.4) is 0 Å². The molecule has 0 aromatic heterocycles. The third-order valence-corrected chi connectivity index (χ3v) is 3.66. The lowest BCUT2D eigenvalue weighted by atomic mass is 9.94. The number of amides is 1. The molecule has 1 aliphatic rings. The second-order valence-corrected chi connectivity index (χ2v) is 5.30. The van der Waals surface area contributed by atoms with Crippen molar-refractivity contribution in [1.29, 1.82) is 0 Å². The van der Waals surface area contributed by atoms with Crippen molar-refractivity contribution >= 4 is 12.1 Å². The number of piperidine rings is 1. The van der Waals surface area contributed by atoms with Crippen molar-refractivity contribution < 1.29 is 27.8 Å². The van der Waals surface area contributed by atoms with Crippen LogP contribution in [-0.4, -0.2) is 42.6 Å². The molecule has 1 heterocycles. The van der Waals surface area contributed by atoms with Gasteiger partial charge in [0.1, 0.15) is 12.5 Å². The number of hydrogen-bond donors (Lipinski definition) is 0. The van der Waals surface area contributed by atoms with Crippen LogP contribution in [0.15, 0.2) is 30.3 Å². The first kappa shape index (κ1) is 17.2. The maximum atomic E-state index is 13.9. The summed E-state index contributed by atoms with van der Waals surface area (Å²) < 4.78 is 37.5. The first-order valence-electron chi connectivity index (χ1n) is 7.44. The van der Waals surface area contributed by atoms with Gasteiger partial charge in [-0.25, -0.2) is 13.6 Å². The van der Waals surface area contributed by atoms with Crippen LogP contribution in [0.5, 0.6) is 0 Å². The number of esters is 1. The van der Waals surface area contributed by atoms with Gasteiger partial charge in [-0.3, -0.25) is 4.79 Å². The van der Waals surface area contributed by atoms with Gasteiger partial charge in [0.2, 0.25) is 0 Å². The topological polar surface area (TPSA) is 55.8 Å². The minimum atomic E-state index is -3.18. The predicted molar refractivity (Wildman–Crippen MR) is 77.9 cm³/mol. The number of benzene rings is 1. The molecule has 0 aliphatic carbocycles. The second kappa shape index (κ2) is 7.39. The van der Waals surface area contributed by atoms with Crippen LogP contribution in [0.1, 0.15) is 18.9 Å². The fraction of sp³-hybridized carbons (Fsp3) is 0.500. The zero-order valence-corrected chi connectivity index (χ0v) is 12.8. The van der Waals surface area contributed by atoms with E-state index in [1.165, 1.54) is 0 Å². The Kier molecular flexibility index (Phi) is 5.52. The first-order chi connectivity index (χ1) is 10.9. The molecule has 1 aromatic carbocycles. The highest BCUT2D eigenvalue weighted by Gasteiger charge is 2.50. The van der Waals surface area contributed by atoms with Crippen molar-refractivity contribution in [2.45, 2.75) is 25.9 Å². The van der Waals surface area contributed by atoms with Crippen LogP contribution in [-0.2, 0) is 20.9 Å². The van der Waals surface area contributed by atoms with E-state index in [-0.39, 0.29) is 19.8 Å². The zero-order valence-electron chi connectivity index (χ0n) is 12.8. The Labute approximate surface area is 133 Å². The lowest BCUT2D eigenvalue weighted by Gasteiger charge is -2.36. The number of nitrogens with zero attached hydrogens (tertiary/aromatic N) is 1. The number of rotatable bonds is 4. The number of carbonyl (C=O) groups is 2. The number of hydrogen-bond acceptors (Lipinski definition) is 4. The van der Waals surface area contributed by atoms with E-state index in [1.54, 1.807) is 31.2 Å². The Morgan fingerprint density at radius 2 is 1.96 bits per heavy atom. The Bertz CT molecular complexity index is 550. The monoisotopic (exact) mass is 327 g/mol. The SMILES string of the molecule is CCOC(=O)[C@@H]1CN(C(=O)OCc2ccccc2)CCC1(F)F. The molecule has 1 saturated heterocycles. The molecule has 0 bridgehead atoms. The van der Waals surface area contributed by atoms with Crippen LogP contribution >= 0.6 is 0 Å². The van der Waals surface area contributed by atoms with Crippen molar-refractivity contribution in [1.82, 2.24) is 4.90 Å². The lowest BCUT2D eigenvalue weighted by molar-refractivity contribution is -0.171. The van der Waals surface area contributed by atoms with Crippen LogP contribution in [0, 0.1) is 5.92 Å². The van der Waals surface area contributed by atoms with Gasteiger partial charge in [0, 0.05) is 19.5 Å². The Morgan fingerprint density at radius 1 is 1.26 bits per heavy atom. The standard InChI is InChI=1S/C16H19F2NO4/c1-2-22-14(20)13-10-19(9-8-16(13,17)18)15(21)23-11-12-6-4-3-5-7-12/h3-7,13H,2,8-11H2,1H3/t13-/m0/s1. The summed E-state index contributed by atoms with van der Waals surface area (Å²) >= 11 is 0. The van der Waals surface area contributed by atoms with Gasteiger partial charge in [-0.05, 0) is 12.5 Å². The molecular weight excluding hydrogens is 308 g/mol. The highest BCUT2D eigenvalue weighted by molar-refractivity contribution is 5.76. The molecular formula is C16H19F2NO4. The number of likely N-dealkylation sites (tertiary alicyclic amines) is 1. The van der Waals surface area contributed by atoms with E-state index in [4.69, 9.17) is 4.74 Å². The van der Waals surface area contributed by atoms with Crippen molar-refractivity contribution in [3.8, 4) is 0 Å². The quantitative estimate of drug-likeness (QED) is 0.798. The number of ether oxygens (including phenoxy) is 2. The van der Waals surface area contributed by atoms with Crippen LogP contribution in [0.4, 0.5) is 13.6 Å². The highest BCUT2D eigenvalue weighted by atomic mass is 19.3. The molecule has 0 N–H and O–H groups in total. The molecule has 23 heavy (non-hydrogen) atoms. The Balaban J connectivity index is 1.94. The number of carbonyl (C=O) groups excluding carboxylic acids is 2.